The highest BCUT2D eigenvalue weighted by atomic mass is 32.2. The fourth-order valence-electron chi connectivity index (χ4n) is 4.30. The van der Waals surface area contributed by atoms with Gasteiger partial charge in [-0.25, -0.2) is 4.99 Å². The Morgan fingerprint density at radius 1 is 1.14 bits per heavy atom. The summed E-state index contributed by atoms with van der Waals surface area (Å²) in [6.07, 6.45) is 1.96. The smallest absolute Gasteiger partial charge is 0.242 e. The lowest BCUT2D eigenvalue weighted by molar-refractivity contribution is -0.129. The Hall–Kier alpha value is -3.36. The molecule has 1 N–H and O–H groups in total. The summed E-state index contributed by atoms with van der Waals surface area (Å²) in [6, 6.07) is 21.1. The first-order chi connectivity index (χ1) is 17.1. The molecule has 8 heteroatoms. The van der Waals surface area contributed by atoms with Gasteiger partial charge in [0.2, 0.25) is 11.8 Å². The summed E-state index contributed by atoms with van der Waals surface area (Å²) in [5, 5.41) is 5.17. The van der Waals surface area contributed by atoms with E-state index in [0.29, 0.717) is 24.0 Å². The number of hydrogen-bond acceptors (Lipinski definition) is 6. The van der Waals surface area contributed by atoms with E-state index in [1.807, 2.05) is 66.7 Å². The third-order valence-electron chi connectivity index (χ3n) is 6.13. The van der Waals surface area contributed by atoms with Crippen molar-refractivity contribution >= 4 is 50.9 Å². The van der Waals surface area contributed by atoms with E-state index in [1.165, 1.54) is 11.8 Å². The van der Waals surface area contributed by atoms with Crippen LogP contribution in [0.15, 0.2) is 71.7 Å². The number of hydrogen-bond donors (Lipinski definition) is 1. The fourth-order valence-corrected chi connectivity index (χ4v) is 5.47. The predicted octanol–water partition coefficient (Wildman–Crippen LogP) is 4.99. The van der Waals surface area contributed by atoms with E-state index in [-0.39, 0.29) is 24.3 Å². The van der Waals surface area contributed by atoms with Gasteiger partial charge in [0.05, 0.1) is 25.4 Å². The Labute approximate surface area is 208 Å². The van der Waals surface area contributed by atoms with Crippen LogP contribution < -0.4 is 10.1 Å². The Bertz CT molecular complexity index is 1250. The fraction of sp³-hybridized carbons (Fsp3) is 0.296. The second-order valence-electron chi connectivity index (χ2n) is 8.60. The number of thioether (sulfide) groups is 1. The van der Waals surface area contributed by atoms with E-state index in [9.17, 15) is 9.59 Å². The van der Waals surface area contributed by atoms with Crippen molar-refractivity contribution in [2.24, 2.45) is 4.99 Å². The normalized spacial score (nSPS) is 21.1. The van der Waals surface area contributed by atoms with E-state index < -0.39 is 5.25 Å². The number of carbonyl (C=O) groups is 2. The van der Waals surface area contributed by atoms with Gasteiger partial charge >= 0.3 is 0 Å². The molecular formula is C27H27N3O4S. The van der Waals surface area contributed by atoms with Crippen LogP contribution in [0.4, 0.5) is 11.4 Å². The maximum atomic E-state index is 13.3. The molecule has 5 rings (SSSR count). The first kappa shape index (κ1) is 23.4. The second-order valence-corrected chi connectivity index (χ2v) is 9.77. The summed E-state index contributed by atoms with van der Waals surface area (Å²) >= 11 is 1.34. The number of benzene rings is 3. The van der Waals surface area contributed by atoms with Crippen molar-refractivity contribution in [2.45, 2.75) is 30.6 Å². The first-order valence-electron chi connectivity index (χ1n) is 11.7. The Kier molecular flexibility index (Phi) is 7.01. The summed E-state index contributed by atoms with van der Waals surface area (Å²) in [7, 11) is 1.61. The summed E-state index contributed by atoms with van der Waals surface area (Å²) in [5.74, 6) is 0.434. The molecule has 2 heterocycles. The summed E-state index contributed by atoms with van der Waals surface area (Å²) in [5.41, 5.74) is 1.44. The van der Waals surface area contributed by atoms with Gasteiger partial charge in [0.15, 0.2) is 5.17 Å². The van der Waals surface area contributed by atoms with Gasteiger partial charge in [-0.2, -0.15) is 0 Å². The van der Waals surface area contributed by atoms with Crippen molar-refractivity contribution in [1.29, 1.82) is 0 Å². The molecule has 0 aliphatic carbocycles. The third-order valence-corrected chi connectivity index (χ3v) is 7.31. The molecule has 2 aliphatic heterocycles. The maximum Gasteiger partial charge on any atom is 0.242 e. The molecule has 3 aromatic rings. The zero-order valence-electron chi connectivity index (χ0n) is 19.5. The zero-order valence-corrected chi connectivity index (χ0v) is 20.3. The van der Waals surface area contributed by atoms with Gasteiger partial charge in [-0.1, -0.05) is 42.1 Å². The van der Waals surface area contributed by atoms with Gasteiger partial charge in [-0.05, 0) is 60.0 Å². The van der Waals surface area contributed by atoms with E-state index >= 15 is 0 Å². The number of anilines is 1. The van der Waals surface area contributed by atoms with Gasteiger partial charge < -0.3 is 14.8 Å². The van der Waals surface area contributed by atoms with Gasteiger partial charge in [-0.3, -0.25) is 14.5 Å². The minimum Gasteiger partial charge on any atom is -0.497 e. The number of methoxy groups -OCH3 is 1. The van der Waals surface area contributed by atoms with Crippen LogP contribution in [0.25, 0.3) is 10.8 Å². The van der Waals surface area contributed by atoms with E-state index in [2.05, 4.69) is 5.32 Å². The average molecular weight is 490 g/mol. The number of aliphatic imine (C=N–C) groups is 1. The molecule has 2 atom stereocenters. The van der Waals surface area contributed by atoms with Crippen LogP contribution in [0.3, 0.4) is 0 Å². The molecule has 2 fully saturated rings. The maximum absolute atomic E-state index is 13.3. The molecular weight excluding hydrogens is 462 g/mol. The molecule has 2 unspecified atom stereocenters. The van der Waals surface area contributed by atoms with E-state index in [1.54, 1.807) is 12.0 Å². The topological polar surface area (TPSA) is 80.2 Å². The highest BCUT2D eigenvalue weighted by molar-refractivity contribution is 8.15. The summed E-state index contributed by atoms with van der Waals surface area (Å²) in [6.45, 7) is 1.16. The standard InChI is InChI=1S/C27H27N3O4S/c1-33-22-12-10-20(11-13-22)29-27-30(17-23-7-4-14-34-23)26(32)24(35-27)16-25(31)28-21-9-8-18-5-2-3-6-19(18)15-21/h2-3,5-6,8-13,15,23-24H,4,7,14,16-17H2,1H3,(H,28,31). The summed E-state index contributed by atoms with van der Waals surface area (Å²) < 4.78 is 11.0. The van der Waals surface area contributed by atoms with Crippen molar-refractivity contribution in [1.82, 2.24) is 4.90 Å². The molecule has 0 radical (unpaired) electrons. The number of amides is 2. The van der Waals surface area contributed by atoms with Crippen LogP contribution >= 0.6 is 11.8 Å². The quantitative estimate of drug-likeness (QED) is 0.506. The molecule has 180 valence electrons. The van der Waals surface area contributed by atoms with Crippen LogP contribution in [0.1, 0.15) is 19.3 Å². The van der Waals surface area contributed by atoms with Gasteiger partial charge in [0.1, 0.15) is 11.0 Å². The van der Waals surface area contributed by atoms with Crippen molar-refractivity contribution in [2.75, 3.05) is 25.6 Å². The Morgan fingerprint density at radius 2 is 1.94 bits per heavy atom. The average Bonchev–Trinajstić information content (AvgIpc) is 3.49. The Morgan fingerprint density at radius 3 is 2.69 bits per heavy atom. The lowest BCUT2D eigenvalue weighted by atomic mass is 10.1. The predicted molar refractivity (Wildman–Crippen MR) is 139 cm³/mol. The zero-order chi connectivity index (χ0) is 24.2. The van der Waals surface area contributed by atoms with Crippen molar-refractivity contribution in [3.05, 3.63) is 66.7 Å². The largest absolute Gasteiger partial charge is 0.497 e. The lowest BCUT2D eigenvalue weighted by Crippen LogP contribution is -2.38. The number of fused-ring (bicyclic) bond motifs is 1. The highest BCUT2D eigenvalue weighted by Crippen LogP contribution is 2.33. The number of ether oxygens (including phenoxy) is 2. The number of amidine groups is 1. The van der Waals surface area contributed by atoms with Crippen LogP contribution in [-0.4, -0.2) is 53.5 Å². The molecule has 35 heavy (non-hydrogen) atoms. The number of nitrogens with zero attached hydrogens (tertiary/aromatic N) is 2. The molecule has 2 amide bonds. The highest BCUT2D eigenvalue weighted by Gasteiger charge is 2.40. The SMILES string of the molecule is COc1ccc(N=C2SC(CC(=O)Nc3ccc4ccccc4c3)C(=O)N2CC2CCCO2)cc1. The third kappa shape index (κ3) is 5.49. The van der Waals surface area contributed by atoms with Crippen LogP contribution in [0, 0.1) is 0 Å². The van der Waals surface area contributed by atoms with Crippen LogP contribution in [0.2, 0.25) is 0 Å². The number of rotatable bonds is 7. The monoisotopic (exact) mass is 489 g/mol. The van der Waals surface area contributed by atoms with Crippen LogP contribution in [0.5, 0.6) is 5.75 Å². The summed E-state index contributed by atoms with van der Waals surface area (Å²) in [4.78, 5) is 32.6. The van der Waals surface area contributed by atoms with Gasteiger partial charge in [-0.15, -0.1) is 0 Å². The molecule has 0 spiro atoms. The van der Waals surface area contributed by atoms with Crippen molar-refractivity contribution in [3.8, 4) is 5.75 Å². The van der Waals surface area contributed by atoms with Crippen LogP contribution in [-0.2, 0) is 14.3 Å². The lowest BCUT2D eigenvalue weighted by Gasteiger charge is -2.20. The minimum absolute atomic E-state index is 0.00852. The Balaban J connectivity index is 1.31. The van der Waals surface area contributed by atoms with E-state index in [0.717, 1.165) is 35.1 Å². The first-order valence-corrected chi connectivity index (χ1v) is 12.6. The van der Waals surface area contributed by atoms with Gasteiger partial charge in [0, 0.05) is 18.7 Å². The molecule has 7 nitrogen and oxygen atoms in total. The number of nitrogens with one attached hydrogen (secondary N) is 1. The van der Waals surface area contributed by atoms with Crippen molar-refractivity contribution in [3.63, 3.8) is 0 Å². The van der Waals surface area contributed by atoms with Gasteiger partial charge in [0.25, 0.3) is 0 Å². The molecule has 2 aliphatic rings. The van der Waals surface area contributed by atoms with Crippen molar-refractivity contribution < 1.29 is 19.1 Å². The molecule has 2 saturated heterocycles. The minimum atomic E-state index is -0.533. The second kappa shape index (κ2) is 10.5. The molecule has 0 bridgehead atoms. The molecule has 3 aromatic carbocycles. The molecule has 0 saturated carbocycles. The van der Waals surface area contributed by atoms with E-state index in [4.69, 9.17) is 14.5 Å². The molecule has 0 aromatic heterocycles. The number of carbonyl (C=O) groups excluding carboxylic acids is 2.